The molecule has 0 aromatic carbocycles. The predicted octanol–water partition coefficient (Wildman–Crippen LogP) is 9.97. The number of hydrogen-bond donors (Lipinski definition) is 2. The highest BCUT2D eigenvalue weighted by Gasteiger charge is 2.98. The molecule has 2 N–H and O–H groups in total. The third-order valence-corrected chi connectivity index (χ3v) is 11.4. The molecule has 8 atom stereocenters. The van der Waals surface area contributed by atoms with Crippen LogP contribution in [0, 0.1) is 17.8 Å². The van der Waals surface area contributed by atoms with Gasteiger partial charge in [-0.1, -0.05) is 47.0 Å². The van der Waals surface area contributed by atoms with Crippen molar-refractivity contribution in [1.29, 1.82) is 0 Å². The SMILES string of the molecule is CCC(C)C(=O)OC1(C(F)(F)F)OC(C)(C(F)(F)F)C(F)(F)C(C)(O)C1(F)F.CCC(C)C(=O)OC1(C(F)(F)F)OC(C2CCCCC2)(C(F)(F)F)C(F)(F)C(C)(O)C1(F)F. The summed E-state index contributed by atoms with van der Waals surface area (Å²) in [4.78, 5) is 23.8. The Morgan fingerprint density at radius 3 is 1.18 bits per heavy atom. The van der Waals surface area contributed by atoms with Gasteiger partial charge in [0.15, 0.2) is 11.2 Å². The smallest absolute Gasteiger partial charge is 0.418 e. The lowest BCUT2D eigenvalue weighted by molar-refractivity contribution is -0.562. The molecule has 0 aromatic heterocycles. The van der Waals surface area contributed by atoms with E-state index >= 15 is 17.6 Å². The summed E-state index contributed by atoms with van der Waals surface area (Å²) in [5.74, 6) is -45.8. The second kappa shape index (κ2) is 15.8. The number of halogens is 20. The van der Waals surface area contributed by atoms with Crippen LogP contribution in [-0.4, -0.2) is 105 Å². The summed E-state index contributed by atoms with van der Waals surface area (Å²) in [6, 6.07) is 0. The van der Waals surface area contributed by atoms with Gasteiger partial charge in [-0.25, -0.2) is 0 Å². The molecule has 360 valence electrons. The first-order valence-corrected chi connectivity index (χ1v) is 17.8. The molecule has 1 saturated carbocycles. The Morgan fingerprint density at radius 2 is 0.885 bits per heavy atom. The molecule has 0 radical (unpaired) electrons. The average molecular weight is 945 g/mol. The van der Waals surface area contributed by atoms with Gasteiger partial charge in [-0.3, -0.25) is 9.59 Å². The highest BCUT2D eigenvalue weighted by Crippen LogP contribution is 2.70. The molecule has 1 aliphatic carbocycles. The number of ether oxygens (including phenoxy) is 4. The van der Waals surface area contributed by atoms with Crippen molar-refractivity contribution in [3.05, 3.63) is 0 Å². The third kappa shape index (κ3) is 7.48. The van der Waals surface area contributed by atoms with Gasteiger partial charge in [-0.05, 0) is 46.5 Å². The van der Waals surface area contributed by atoms with Gasteiger partial charge in [-0.15, -0.1) is 0 Å². The molecular weight excluding hydrogens is 904 g/mol. The lowest BCUT2D eigenvalue weighted by Crippen LogP contribution is -2.88. The van der Waals surface area contributed by atoms with Crippen LogP contribution in [0.2, 0.25) is 0 Å². The Hall–Kier alpha value is -2.62. The number of rotatable bonds is 7. The minimum Gasteiger partial charge on any atom is -0.418 e. The summed E-state index contributed by atoms with van der Waals surface area (Å²) in [6.45, 7) is 2.43. The van der Waals surface area contributed by atoms with E-state index in [1.807, 2.05) is 0 Å². The quantitative estimate of drug-likeness (QED) is 0.192. The van der Waals surface area contributed by atoms with Crippen LogP contribution in [-0.2, 0) is 28.5 Å². The zero-order valence-corrected chi connectivity index (χ0v) is 32.6. The number of alkyl halides is 20. The van der Waals surface area contributed by atoms with Crippen LogP contribution < -0.4 is 0 Å². The van der Waals surface area contributed by atoms with Crippen molar-refractivity contribution in [3.8, 4) is 0 Å². The van der Waals surface area contributed by atoms with Crippen LogP contribution in [0.5, 0.6) is 0 Å². The van der Waals surface area contributed by atoms with Crippen molar-refractivity contribution < 1.29 is 127 Å². The van der Waals surface area contributed by atoms with Gasteiger partial charge in [0.2, 0.25) is 11.2 Å². The summed E-state index contributed by atoms with van der Waals surface area (Å²) < 4.78 is 298. The van der Waals surface area contributed by atoms with Crippen molar-refractivity contribution in [1.82, 2.24) is 0 Å². The zero-order chi connectivity index (χ0) is 48.7. The van der Waals surface area contributed by atoms with Crippen molar-refractivity contribution in [2.24, 2.45) is 17.8 Å². The van der Waals surface area contributed by atoms with E-state index in [1.165, 1.54) is 13.8 Å². The maximum Gasteiger partial charge on any atom is 0.462 e. The van der Waals surface area contributed by atoms with E-state index in [9.17, 15) is 90.0 Å². The minimum atomic E-state index is -6.65. The Kier molecular flexibility index (Phi) is 14.1. The van der Waals surface area contributed by atoms with Crippen molar-refractivity contribution in [3.63, 3.8) is 0 Å². The molecule has 3 fully saturated rings. The molecule has 0 bridgehead atoms. The number of esters is 2. The van der Waals surface area contributed by atoms with Crippen molar-refractivity contribution >= 4 is 11.9 Å². The van der Waals surface area contributed by atoms with Gasteiger partial charge in [0.25, 0.3) is 0 Å². The molecule has 2 heterocycles. The minimum absolute atomic E-state index is 0.133. The van der Waals surface area contributed by atoms with Crippen LogP contribution in [0.25, 0.3) is 0 Å². The number of aliphatic hydroxyl groups is 2. The standard InChI is InChI=1S/C19H24F10O4.C14H16F10O4/c1-4-10(2)12(30)32-17(19(27,28)29)16(22,23)13(3,31)15(20,21)14(33-17,18(24,25)26)11-8-6-5-7-9-11;1-5-6(2)7(25)27-12(14(22,23)24)11(17,18)8(3,26)10(15,16)9(4,28-12)13(19,20)21/h10-11,31H,4-9H2,1-3H3;6,26H,5H2,1-4H3. The fourth-order valence-corrected chi connectivity index (χ4v) is 6.76. The van der Waals surface area contributed by atoms with Gasteiger partial charge in [-0.2, -0.15) is 87.8 Å². The lowest BCUT2D eigenvalue weighted by Gasteiger charge is -2.61. The van der Waals surface area contributed by atoms with E-state index in [4.69, 9.17) is 0 Å². The van der Waals surface area contributed by atoms with E-state index in [-0.39, 0.29) is 32.1 Å². The van der Waals surface area contributed by atoms with Gasteiger partial charge >= 0.3 is 71.9 Å². The second-order valence-corrected chi connectivity index (χ2v) is 15.4. The van der Waals surface area contributed by atoms with E-state index < -0.39 is 146 Å². The Bertz CT molecular complexity index is 1600. The van der Waals surface area contributed by atoms with Crippen LogP contribution in [0.1, 0.15) is 93.4 Å². The molecule has 3 aliphatic rings. The van der Waals surface area contributed by atoms with Crippen LogP contribution in [0.4, 0.5) is 87.8 Å². The second-order valence-electron chi connectivity index (χ2n) is 15.4. The Balaban J connectivity index is 0.000000426. The van der Waals surface area contributed by atoms with Gasteiger partial charge < -0.3 is 29.2 Å². The summed E-state index contributed by atoms with van der Waals surface area (Å²) in [6.07, 6.45) is -28.1. The normalized spacial score (nSPS) is 36.5. The molecule has 0 spiro atoms. The molecule has 3 rings (SSSR count). The largest absolute Gasteiger partial charge is 0.462 e. The first-order chi connectivity index (χ1) is 26.7. The summed E-state index contributed by atoms with van der Waals surface area (Å²) in [5.41, 5.74) is -21.1. The van der Waals surface area contributed by atoms with Crippen LogP contribution in [0.3, 0.4) is 0 Å². The summed E-state index contributed by atoms with van der Waals surface area (Å²) in [5, 5.41) is 19.7. The van der Waals surface area contributed by atoms with Gasteiger partial charge in [0.05, 0.1) is 11.8 Å². The van der Waals surface area contributed by atoms with Crippen LogP contribution in [0.15, 0.2) is 0 Å². The third-order valence-electron chi connectivity index (χ3n) is 11.4. The van der Waals surface area contributed by atoms with E-state index in [1.54, 1.807) is 0 Å². The summed E-state index contributed by atoms with van der Waals surface area (Å²) >= 11 is 0. The molecule has 2 saturated heterocycles. The monoisotopic (exact) mass is 944 g/mol. The number of carbonyl (C=O) groups excluding carboxylic acids is 2. The first kappa shape index (κ1) is 54.5. The highest BCUT2D eigenvalue weighted by molar-refractivity contribution is 5.73. The van der Waals surface area contributed by atoms with E-state index in [0.29, 0.717) is 0 Å². The number of carbonyl (C=O) groups is 2. The fourth-order valence-electron chi connectivity index (χ4n) is 6.76. The zero-order valence-electron chi connectivity index (χ0n) is 32.6. The van der Waals surface area contributed by atoms with Gasteiger partial charge in [0.1, 0.15) is 0 Å². The molecule has 8 unspecified atom stereocenters. The topological polar surface area (TPSA) is 112 Å². The molecule has 0 aromatic rings. The predicted molar refractivity (Wildman–Crippen MR) is 162 cm³/mol. The molecule has 28 heteroatoms. The van der Waals surface area contributed by atoms with Crippen LogP contribution >= 0.6 is 0 Å². The lowest BCUT2D eigenvalue weighted by atomic mass is 9.64. The average Bonchev–Trinajstić information content (AvgIpc) is 3.08. The maximum atomic E-state index is 15.3. The first-order valence-electron chi connectivity index (χ1n) is 17.8. The maximum absolute atomic E-state index is 15.3. The fraction of sp³-hybridized carbons (Fsp3) is 0.939. The van der Waals surface area contributed by atoms with E-state index in [0.717, 1.165) is 13.8 Å². The molecule has 2 aliphatic heterocycles. The van der Waals surface area contributed by atoms with Gasteiger partial charge in [0, 0.05) is 5.92 Å². The van der Waals surface area contributed by atoms with Crippen molar-refractivity contribution in [2.45, 2.75) is 176 Å². The number of hydrogen-bond acceptors (Lipinski definition) is 8. The Labute approximate surface area is 332 Å². The Morgan fingerprint density at radius 1 is 0.557 bits per heavy atom. The summed E-state index contributed by atoms with van der Waals surface area (Å²) in [7, 11) is 0. The molecule has 8 nitrogen and oxygen atoms in total. The molecule has 0 amide bonds. The van der Waals surface area contributed by atoms with E-state index in [2.05, 4.69) is 18.9 Å². The highest BCUT2D eigenvalue weighted by atomic mass is 19.4. The van der Waals surface area contributed by atoms with Crippen molar-refractivity contribution in [2.75, 3.05) is 0 Å². The molecule has 61 heavy (non-hydrogen) atoms. The molecular formula is C33H40F20O8.